The highest BCUT2D eigenvalue weighted by Gasteiger charge is 2.34. The number of aliphatic carboxylic acids is 1. The molecule has 1 fully saturated rings. The van der Waals surface area contributed by atoms with Crippen molar-refractivity contribution in [2.45, 2.75) is 18.9 Å². The normalized spacial score (nSPS) is 30.4. The predicted molar refractivity (Wildman–Crippen MR) is 35.0 cm³/mol. The van der Waals surface area contributed by atoms with Gasteiger partial charge in [-0.15, -0.1) is 0 Å². The number of carboxylic acid groups (broad SMARTS) is 1. The van der Waals surface area contributed by atoms with Crippen molar-refractivity contribution in [3.63, 3.8) is 0 Å². The van der Waals surface area contributed by atoms with Gasteiger partial charge in [0.15, 0.2) is 0 Å². The molecule has 1 heterocycles. The number of rotatable bonds is 1. The zero-order chi connectivity index (χ0) is 7.78. The van der Waals surface area contributed by atoms with Crippen LogP contribution in [0.5, 0.6) is 0 Å². The first-order valence-electron chi connectivity index (χ1n) is 3.57. The van der Waals surface area contributed by atoms with E-state index < -0.39 is 5.97 Å². The molecule has 0 aromatic heterocycles. The number of carbonyl (C=O) groups excluding carboxylic acids is 1. The molecule has 0 bridgehead atoms. The first-order valence-corrected chi connectivity index (χ1v) is 3.57. The number of hydrogen-bond donors (Lipinski definition) is 0. The zero-order valence-electron chi connectivity index (χ0n) is 6.46. The molecular formula is C7H13NO2. The predicted octanol–water partition coefficient (Wildman–Crippen LogP) is -1.02. The highest BCUT2D eigenvalue weighted by molar-refractivity contribution is 5.70. The van der Waals surface area contributed by atoms with Crippen LogP contribution in [0.3, 0.4) is 0 Å². The van der Waals surface area contributed by atoms with Crippen molar-refractivity contribution >= 4 is 5.97 Å². The lowest BCUT2D eigenvalue weighted by Crippen LogP contribution is -2.53. The Morgan fingerprint density at radius 1 is 1.60 bits per heavy atom. The molecule has 3 nitrogen and oxygen atoms in total. The fraction of sp³-hybridized carbons (Fsp3) is 0.857. The lowest BCUT2D eigenvalue weighted by Gasteiger charge is -2.31. The molecule has 0 saturated carbocycles. The lowest BCUT2D eigenvalue weighted by molar-refractivity contribution is -0.895. The van der Waals surface area contributed by atoms with E-state index in [4.69, 9.17) is 0 Å². The highest BCUT2D eigenvalue weighted by Crippen LogP contribution is 2.20. The number of hydrogen-bond acceptors (Lipinski definition) is 2. The van der Waals surface area contributed by atoms with Gasteiger partial charge in [0.1, 0.15) is 6.04 Å². The fourth-order valence-corrected chi connectivity index (χ4v) is 1.60. The average Bonchev–Trinajstić information content (AvgIpc) is 2.08. The second-order valence-electron chi connectivity index (χ2n) is 3.48. The molecular weight excluding hydrogens is 130 g/mol. The molecule has 58 valence electrons. The SMILES string of the molecule is C[N+]1(C)CCCC1C(=O)[O-]. The van der Waals surface area contributed by atoms with E-state index in [1.54, 1.807) is 0 Å². The highest BCUT2D eigenvalue weighted by atomic mass is 16.4. The van der Waals surface area contributed by atoms with Crippen molar-refractivity contribution in [1.29, 1.82) is 0 Å². The lowest BCUT2D eigenvalue weighted by atomic mass is 10.2. The van der Waals surface area contributed by atoms with Crippen LogP contribution >= 0.6 is 0 Å². The van der Waals surface area contributed by atoms with Crippen LogP contribution in [0.2, 0.25) is 0 Å². The van der Waals surface area contributed by atoms with Crippen molar-refractivity contribution in [1.82, 2.24) is 0 Å². The molecule has 0 spiro atoms. The molecule has 0 aromatic carbocycles. The summed E-state index contributed by atoms with van der Waals surface area (Å²) in [6, 6.07) is -0.278. The molecule has 0 aromatic rings. The second-order valence-corrected chi connectivity index (χ2v) is 3.48. The molecule has 1 aliphatic heterocycles. The summed E-state index contributed by atoms with van der Waals surface area (Å²) >= 11 is 0. The summed E-state index contributed by atoms with van der Waals surface area (Å²) < 4.78 is 0.586. The Balaban J connectivity index is 2.68. The van der Waals surface area contributed by atoms with Gasteiger partial charge < -0.3 is 14.4 Å². The molecule has 1 aliphatic rings. The van der Waals surface area contributed by atoms with E-state index in [0.717, 1.165) is 19.4 Å². The Bertz CT molecular complexity index is 154. The molecule has 0 amide bonds. The van der Waals surface area contributed by atoms with E-state index >= 15 is 0 Å². The van der Waals surface area contributed by atoms with E-state index in [1.165, 1.54) is 0 Å². The molecule has 1 rings (SSSR count). The van der Waals surface area contributed by atoms with Crippen molar-refractivity contribution in [2.24, 2.45) is 0 Å². The summed E-state index contributed by atoms with van der Waals surface area (Å²) in [4.78, 5) is 10.5. The van der Waals surface area contributed by atoms with Gasteiger partial charge in [-0.05, 0) is 0 Å². The maximum atomic E-state index is 10.5. The Morgan fingerprint density at radius 3 is 2.40 bits per heavy atom. The third-order valence-corrected chi connectivity index (χ3v) is 2.33. The molecule has 1 saturated heterocycles. The average molecular weight is 143 g/mol. The summed E-state index contributed by atoms with van der Waals surface area (Å²) in [7, 11) is 3.88. The van der Waals surface area contributed by atoms with Crippen molar-refractivity contribution < 1.29 is 14.4 Å². The topological polar surface area (TPSA) is 40.1 Å². The Kier molecular flexibility index (Phi) is 1.68. The van der Waals surface area contributed by atoms with Gasteiger partial charge in [0.2, 0.25) is 0 Å². The second kappa shape index (κ2) is 2.23. The molecule has 1 unspecified atom stereocenters. The zero-order valence-corrected chi connectivity index (χ0v) is 6.46. The Labute approximate surface area is 60.8 Å². The van der Waals surface area contributed by atoms with Crippen LogP contribution in [-0.2, 0) is 4.79 Å². The monoisotopic (exact) mass is 143 g/mol. The molecule has 0 radical (unpaired) electrons. The van der Waals surface area contributed by atoms with Crippen molar-refractivity contribution in [2.75, 3.05) is 20.6 Å². The van der Waals surface area contributed by atoms with Crippen LogP contribution < -0.4 is 5.11 Å². The van der Waals surface area contributed by atoms with Crippen LogP contribution in [0.4, 0.5) is 0 Å². The van der Waals surface area contributed by atoms with Crippen LogP contribution in [0.15, 0.2) is 0 Å². The first-order chi connectivity index (χ1) is 4.54. The molecule has 10 heavy (non-hydrogen) atoms. The number of likely N-dealkylation sites (N-methyl/N-ethyl adjacent to an activating group) is 1. The molecule has 0 N–H and O–H groups in total. The quantitative estimate of drug-likeness (QED) is 0.441. The summed E-state index contributed by atoms with van der Waals surface area (Å²) in [5, 5.41) is 10.5. The van der Waals surface area contributed by atoms with E-state index in [-0.39, 0.29) is 6.04 Å². The number of likely N-dealkylation sites (tertiary alicyclic amines) is 1. The van der Waals surface area contributed by atoms with Crippen LogP contribution in [-0.4, -0.2) is 37.1 Å². The minimum atomic E-state index is -0.900. The summed E-state index contributed by atoms with van der Waals surface area (Å²) in [5.41, 5.74) is 0. The number of quaternary nitrogens is 1. The van der Waals surface area contributed by atoms with Crippen LogP contribution in [0.25, 0.3) is 0 Å². The maximum Gasteiger partial charge on any atom is 0.129 e. The van der Waals surface area contributed by atoms with Crippen molar-refractivity contribution in [3.8, 4) is 0 Å². The first kappa shape index (κ1) is 7.54. The molecule has 1 atom stereocenters. The van der Waals surface area contributed by atoms with E-state index in [1.807, 2.05) is 14.1 Å². The Morgan fingerprint density at radius 2 is 2.20 bits per heavy atom. The number of carboxylic acids is 1. The standard InChI is InChI=1S/C7H13NO2/c1-8(2)5-3-4-6(8)7(9)10/h6H,3-5H2,1-2H3. The van der Waals surface area contributed by atoms with E-state index in [0.29, 0.717) is 4.48 Å². The minimum Gasteiger partial charge on any atom is -0.544 e. The van der Waals surface area contributed by atoms with Gasteiger partial charge in [-0.3, -0.25) is 0 Å². The third-order valence-electron chi connectivity index (χ3n) is 2.33. The van der Waals surface area contributed by atoms with Gasteiger partial charge in [0, 0.05) is 12.8 Å². The van der Waals surface area contributed by atoms with E-state index in [2.05, 4.69) is 0 Å². The van der Waals surface area contributed by atoms with Gasteiger partial charge in [-0.1, -0.05) is 0 Å². The summed E-state index contributed by atoms with van der Waals surface area (Å²) in [6.07, 6.45) is 1.78. The van der Waals surface area contributed by atoms with Crippen LogP contribution in [0.1, 0.15) is 12.8 Å². The smallest absolute Gasteiger partial charge is 0.129 e. The number of nitrogens with zero attached hydrogens (tertiary/aromatic N) is 1. The van der Waals surface area contributed by atoms with Gasteiger partial charge in [0.05, 0.1) is 26.6 Å². The summed E-state index contributed by atoms with van der Waals surface area (Å²) in [6.45, 7) is 0.957. The van der Waals surface area contributed by atoms with E-state index in [9.17, 15) is 9.90 Å². The molecule has 0 aliphatic carbocycles. The Hall–Kier alpha value is -0.570. The molecule has 3 heteroatoms. The van der Waals surface area contributed by atoms with Gasteiger partial charge in [-0.25, -0.2) is 0 Å². The van der Waals surface area contributed by atoms with Crippen LogP contribution in [0, 0.1) is 0 Å². The van der Waals surface area contributed by atoms with Crippen molar-refractivity contribution in [3.05, 3.63) is 0 Å². The summed E-state index contributed by atoms with van der Waals surface area (Å²) in [5.74, 6) is -0.900. The van der Waals surface area contributed by atoms with Gasteiger partial charge >= 0.3 is 0 Å². The third kappa shape index (κ3) is 1.14. The number of carbonyl (C=O) groups is 1. The maximum absolute atomic E-state index is 10.5. The van der Waals surface area contributed by atoms with Gasteiger partial charge in [0.25, 0.3) is 0 Å². The fourth-order valence-electron chi connectivity index (χ4n) is 1.60. The van der Waals surface area contributed by atoms with Gasteiger partial charge in [-0.2, -0.15) is 0 Å². The minimum absolute atomic E-state index is 0.278. The largest absolute Gasteiger partial charge is 0.544 e.